The van der Waals surface area contributed by atoms with Gasteiger partial charge >= 0.3 is 6.01 Å². The Balaban J connectivity index is 1.54. The number of carbonyl (C=O) groups is 1. The van der Waals surface area contributed by atoms with Gasteiger partial charge in [-0.15, -0.1) is 5.10 Å². The minimum Gasteiger partial charge on any atom is -0.497 e. The molecule has 1 heterocycles. The highest BCUT2D eigenvalue weighted by Gasteiger charge is 2.17. The van der Waals surface area contributed by atoms with Gasteiger partial charge in [-0.3, -0.25) is 10.1 Å². The summed E-state index contributed by atoms with van der Waals surface area (Å²) >= 11 is 0. The zero-order valence-electron chi connectivity index (χ0n) is 18.0. The Labute approximate surface area is 191 Å². The first-order valence-corrected chi connectivity index (χ1v) is 13.3. The highest BCUT2D eigenvalue weighted by molar-refractivity contribution is 7.91. The number of nitrogens with zero attached hydrogens (tertiary/aromatic N) is 2. The normalized spacial score (nSPS) is 11.8. The molecule has 0 saturated heterocycles. The fourth-order valence-corrected chi connectivity index (χ4v) is 5.06. The van der Waals surface area contributed by atoms with Gasteiger partial charge in [0.2, 0.25) is 11.8 Å². The average molecular weight is 494 g/mol. The summed E-state index contributed by atoms with van der Waals surface area (Å²) in [5.74, 6) is -0.0270. The predicted molar refractivity (Wildman–Crippen MR) is 120 cm³/mol. The Morgan fingerprint density at radius 1 is 0.939 bits per heavy atom. The molecular weight excluding hydrogens is 470 g/mol. The number of hydrogen-bond donors (Lipinski definition) is 1. The second-order valence-corrected chi connectivity index (χ2v) is 11.4. The summed E-state index contributed by atoms with van der Waals surface area (Å²) in [7, 11) is -5.36. The second kappa shape index (κ2) is 10.1. The Hall–Kier alpha value is -3.25. The summed E-state index contributed by atoms with van der Waals surface area (Å²) < 4.78 is 59.0. The van der Waals surface area contributed by atoms with Crippen molar-refractivity contribution in [1.82, 2.24) is 10.2 Å². The molecule has 3 rings (SSSR count). The number of methoxy groups -OCH3 is 1. The molecule has 1 N–H and O–H groups in total. The van der Waals surface area contributed by atoms with Crippen LogP contribution in [-0.2, 0) is 24.5 Å². The minimum absolute atomic E-state index is 0.00944. The lowest BCUT2D eigenvalue weighted by molar-refractivity contribution is -0.116. The maximum absolute atomic E-state index is 12.4. The van der Waals surface area contributed by atoms with Crippen LogP contribution in [0.2, 0.25) is 0 Å². The molecule has 0 radical (unpaired) electrons. The maximum atomic E-state index is 12.4. The molecule has 0 aliphatic heterocycles. The largest absolute Gasteiger partial charge is 0.497 e. The van der Waals surface area contributed by atoms with Crippen molar-refractivity contribution in [1.29, 1.82) is 0 Å². The van der Waals surface area contributed by atoms with Crippen LogP contribution >= 0.6 is 0 Å². The molecule has 0 bridgehead atoms. The van der Waals surface area contributed by atoms with Gasteiger partial charge < -0.3 is 9.15 Å². The Morgan fingerprint density at radius 2 is 1.55 bits per heavy atom. The first-order valence-electron chi connectivity index (χ1n) is 9.98. The van der Waals surface area contributed by atoms with E-state index in [1.165, 1.54) is 43.5 Å². The molecule has 0 fully saturated rings. The van der Waals surface area contributed by atoms with Crippen LogP contribution in [0.4, 0.5) is 6.01 Å². The van der Waals surface area contributed by atoms with Crippen molar-refractivity contribution >= 4 is 31.6 Å². The van der Waals surface area contributed by atoms with Crippen LogP contribution in [-0.4, -0.2) is 51.6 Å². The van der Waals surface area contributed by atoms with Crippen LogP contribution in [0.3, 0.4) is 0 Å². The standard InChI is InChI=1S/C21H23N3O7S2/c1-3-32(26,27)17-10-6-15(7-11-17)20-23-24-21(31-20)22-19(25)5-4-14-33(28,29)18-12-8-16(30-2)9-13-18/h6-13H,3-5,14H2,1-2H3,(H,22,24,25). The number of rotatable bonds is 10. The molecule has 0 spiro atoms. The van der Waals surface area contributed by atoms with E-state index >= 15 is 0 Å². The van der Waals surface area contributed by atoms with Gasteiger partial charge in [0.25, 0.3) is 0 Å². The van der Waals surface area contributed by atoms with Gasteiger partial charge in [0, 0.05) is 12.0 Å². The molecule has 176 valence electrons. The quantitative estimate of drug-likeness (QED) is 0.450. The topological polar surface area (TPSA) is 146 Å². The number of nitrogens with one attached hydrogen (secondary N) is 1. The van der Waals surface area contributed by atoms with E-state index in [0.717, 1.165) is 0 Å². The van der Waals surface area contributed by atoms with Crippen molar-refractivity contribution in [3.63, 3.8) is 0 Å². The molecule has 33 heavy (non-hydrogen) atoms. The summed E-state index contributed by atoms with van der Waals surface area (Å²) in [6, 6.07) is 11.8. The van der Waals surface area contributed by atoms with Crippen LogP contribution in [0.15, 0.2) is 62.7 Å². The van der Waals surface area contributed by atoms with Crippen LogP contribution in [0.1, 0.15) is 19.8 Å². The third-order valence-corrected chi connectivity index (χ3v) is 8.31. The first kappa shape index (κ1) is 24.4. The average Bonchev–Trinajstić information content (AvgIpc) is 3.27. The fraction of sp³-hybridized carbons (Fsp3) is 0.286. The van der Waals surface area contributed by atoms with Gasteiger partial charge in [0.05, 0.1) is 28.4 Å². The lowest BCUT2D eigenvalue weighted by Crippen LogP contribution is -2.14. The summed E-state index contributed by atoms with van der Waals surface area (Å²) in [5, 5.41) is 10.0. The van der Waals surface area contributed by atoms with Crippen molar-refractivity contribution < 1.29 is 30.8 Å². The summed E-state index contributed by atoms with van der Waals surface area (Å²) in [6.45, 7) is 1.56. The lowest BCUT2D eigenvalue weighted by Gasteiger charge is -2.05. The first-order chi connectivity index (χ1) is 15.6. The van der Waals surface area contributed by atoms with Gasteiger partial charge in [-0.1, -0.05) is 12.0 Å². The summed E-state index contributed by atoms with van der Waals surface area (Å²) in [6.07, 6.45) is 0.0469. The van der Waals surface area contributed by atoms with Crippen molar-refractivity contribution in [2.24, 2.45) is 0 Å². The van der Waals surface area contributed by atoms with Crippen LogP contribution in [0.5, 0.6) is 5.75 Å². The second-order valence-electron chi connectivity index (χ2n) is 6.99. The Bertz CT molecular complexity index is 1310. The van der Waals surface area contributed by atoms with Gasteiger partial charge in [0.1, 0.15) is 5.75 Å². The number of ether oxygens (including phenoxy) is 1. The zero-order chi connectivity index (χ0) is 24.1. The minimum atomic E-state index is -3.53. The van der Waals surface area contributed by atoms with Gasteiger partial charge in [0.15, 0.2) is 19.7 Å². The number of carbonyl (C=O) groups excluding carboxylic acids is 1. The number of amides is 1. The van der Waals surface area contributed by atoms with E-state index in [-0.39, 0.29) is 46.0 Å². The summed E-state index contributed by atoms with van der Waals surface area (Å²) in [5.41, 5.74) is 0.489. The van der Waals surface area contributed by atoms with E-state index < -0.39 is 25.6 Å². The molecule has 0 aliphatic rings. The molecule has 1 aromatic heterocycles. The zero-order valence-corrected chi connectivity index (χ0v) is 19.6. The SMILES string of the molecule is CCS(=O)(=O)c1ccc(-c2nnc(NC(=O)CCCS(=O)(=O)c3ccc(OC)cc3)o2)cc1. The van der Waals surface area contributed by atoms with Gasteiger partial charge in [-0.2, -0.15) is 0 Å². The molecule has 0 unspecified atom stereocenters. The molecule has 10 nitrogen and oxygen atoms in total. The van der Waals surface area contributed by atoms with E-state index in [1.54, 1.807) is 19.1 Å². The third kappa shape index (κ3) is 6.17. The highest BCUT2D eigenvalue weighted by atomic mass is 32.2. The Morgan fingerprint density at radius 3 is 2.15 bits per heavy atom. The molecular formula is C21H23N3O7S2. The maximum Gasteiger partial charge on any atom is 0.322 e. The molecule has 0 aliphatic carbocycles. The third-order valence-electron chi connectivity index (χ3n) is 4.75. The van der Waals surface area contributed by atoms with Crippen molar-refractivity contribution in [3.8, 4) is 17.2 Å². The molecule has 3 aromatic rings. The molecule has 0 atom stereocenters. The number of anilines is 1. The van der Waals surface area contributed by atoms with E-state index in [1.807, 2.05) is 0 Å². The molecule has 0 saturated carbocycles. The highest BCUT2D eigenvalue weighted by Crippen LogP contribution is 2.22. The van der Waals surface area contributed by atoms with Crippen molar-refractivity contribution in [2.45, 2.75) is 29.6 Å². The van der Waals surface area contributed by atoms with E-state index in [4.69, 9.17) is 9.15 Å². The van der Waals surface area contributed by atoms with Gasteiger partial charge in [-0.25, -0.2) is 16.8 Å². The van der Waals surface area contributed by atoms with Crippen LogP contribution in [0.25, 0.3) is 11.5 Å². The molecule has 12 heteroatoms. The smallest absolute Gasteiger partial charge is 0.322 e. The van der Waals surface area contributed by atoms with Crippen LogP contribution in [0, 0.1) is 0 Å². The Kier molecular flexibility index (Phi) is 7.49. The van der Waals surface area contributed by atoms with E-state index in [9.17, 15) is 21.6 Å². The van der Waals surface area contributed by atoms with Gasteiger partial charge in [-0.05, 0) is 55.0 Å². The van der Waals surface area contributed by atoms with Crippen molar-refractivity contribution in [3.05, 3.63) is 48.5 Å². The van der Waals surface area contributed by atoms with E-state index in [0.29, 0.717) is 11.3 Å². The van der Waals surface area contributed by atoms with E-state index in [2.05, 4.69) is 15.5 Å². The fourth-order valence-electron chi connectivity index (χ4n) is 2.87. The monoisotopic (exact) mass is 493 g/mol. The lowest BCUT2D eigenvalue weighted by atomic mass is 10.2. The predicted octanol–water partition coefficient (Wildman–Crippen LogP) is 2.73. The number of aromatic nitrogens is 2. The van der Waals surface area contributed by atoms with Crippen molar-refractivity contribution in [2.75, 3.05) is 23.9 Å². The number of benzene rings is 2. The number of hydrogen-bond acceptors (Lipinski definition) is 9. The molecule has 2 aromatic carbocycles. The molecule has 1 amide bonds. The van der Waals surface area contributed by atoms with Crippen LogP contribution < -0.4 is 10.1 Å². The summed E-state index contributed by atoms with van der Waals surface area (Å²) in [4.78, 5) is 12.5. The number of sulfone groups is 2.